The summed E-state index contributed by atoms with van der Waals surface area (Å²) in [5, 5.41) is 7.00. The number of hydrogen-bond donors (Lipinski definition) is 1. The molecule has 1 aromatic heterocycles. The van der Waals surface area contributed by atoms with Gasteiger partial charge in [0.15, 0.2) is 5.69 Å². The highest BCUT2D eigenvalue weighted by Crippen LogP contribution is 2.17. The number of ether oxygens (including phenoxy) is 1. The van der Waals surface area contributed by atoms with Gasteiger partial charge in [0.05, 0.1) is 12.3 Å². The Morgan fingerprint density at radius 2 is 1.85 bits per heavy atom. The summed E-state index contributed by atoms with van der Waals surface area (Å²) in [6, 6.07) is 14.3. The molecule has 138 valence electrons. The number of hydrogen-bond acceptors (Lipinski definition) is 4. The molecule has 3 rings (SSSR count). The molecule has 27 heavy (non-hydrogen) atoms. The molecule has 0 spiro atoms. The zero-order valence-electron chi connectivity index (χ0n) is 15.5. The third kappa shape index (κ3) is 4.23. The summed E-state index contributed by atoms with van der Waals surface area (Å²) < 4.78 is 6.92. The number of anilines is 1. The number of carbonyl (C=O) groups excluding carboxylic acids is 1. The van der Waals surface area contributed by atoms with E-state index in [1.807, 2.05) is 63.2 Å². The van der Waals surface area contributed by atoms with E-state index < -0.39 is 11.3 Å². The SMILES string of the molecule is CCOc1ccc(-n2ccc(=O)c(C(=O)Nc3cc(C)ccc3C)n2)cc1. The second-order valence-corrected chi connectivity index (χ2v) is 6.17. The van der Waals surface area contributed by atoms with Crippen LogP contribution in [0, 0.1) is 13.8 Å². The van der Waals surface area contributed by atoms with Crippen molar-refractivity contribution in [2.24, 2.45) is 0 Å². The molecule has 0 bridgehead atoms. The van der Waals surface area contributed by atoms with Crippen LogP contribution in [-0.2, 0) is 0 Å². The number of aryl methyl sites for hydroxylation is 2. The van der Waals surface area contributed by atoms with Crippen LogP contribution in [0.5, 0.6) is 5.75 Å². The minimum Gasteiger partial charge on any atom is -0.494 e. The monoisotopic (exact) mass is 363 g/mol. The van der Waals surface area contributed by atoms with E-state index in [-0.39, 0.29) is 5.69 Å². The Morgan fingerprint density at radius 3 is 2.56 bits per heavy atom. The van der Waals surface area contributed by atoms with Gasteiger partial charge >= 0.3 is 0 Å². The van der Waals surface area contributed by atoms with Crippen LogP contribution < -0.4 is 15.5 Å². The number of rotatable bonds is 5. The first-order valence-corrected chi connectivity index (χ1v) is 8.69. The summed E-state index contributed by atoms with van der Waals surface area (Å²) in [7, 11) is 0. The Morgan fingerprint density at radius 1 is 1.11 bits per heavy atom. The number of carbonyl (C=O) groups is 1. The minimum atomic E-state index is -0.533. The zero-order chi connectivity index (χ0) is 19.4. The molecule has 6 nitrogen and oxygen atoms in total. The van der Waals surface area contributed by atoms with Crippen LogP contribution >= 0.6 is 0 Å². The molecule has 0 saturated carbocycles. The zero-order valence-corrected chi connectivity index (χ0v) is 15.5. The lowest BCUT2D eigenvalue weighted by atomic mass is 10.1. The van der Waals surface area contributed by atoms with Gasteiger partial charge in [0.2, 0.25) is 5.43 Å². The average molecular weight is 363 g/mol. The van der Waals surface area contributed by atoms with Gasteiger partial charge in [0.25, 0.3) is 5.91 Å². The van der Waals surface area contributed by atoms with Crippen molar-refractivity contribution in [1.29, 1.82) is 0 Å². The number of nitrogens with one attached hydrogen (secondary N) is 1. The lowest BCUT2D eigenvalue weighted by Gasteiger charge is -2.11. The third-order valence-electron chi connectivity index (χ3n) is 4.08. The normalized spacial score (nSPS) is 10.5. The molecule has 0 fully saturated rings. The van der Waals surface area contributed by atoms with E-state index in [0.29, 0.717) is 12.3 Å². The van der Waals surface area contributed by atoms with Crippen molar-refractivity contribution in [3.8, 4) is 11.4 Å². The van der Waals surface area contributed by atoms with Crippen molar-refractivity contribution < 1.29 is 9.53 Å². The van der Waals surface area contributed by atoms with Gasteiger partial charge in [-0.1, -0.05) is 12.1 Å². The number of benzene rings is 2. The first kappa shape index (κ1) is 18.4. The fourth-order valence-corrected chi connectivity index (χ4v) is 2.62. The molecule has 2 aromatic carbocycles. The molecule has 1 amide bonds. The van der Waals surface area contributed by atoms with Crippen LogP contribution in [0.25, 0.3) is 5.69 Å². The molecule has 0 aliphatic carbocycles. The van der Waals surface area contributed by atoms with Gasteiger partial charge in [-0.2, -0.15) is 5.10 Å². The Labute approximate surface area is 157 Å². The molecular formula is C21H21N3O3. The minimum absolute atomic E-state index is 0.160. The van der Waals surface area contributed by atoms with Crippen molar-refractivity contribution in [1.82, 2.24) is 9.78 Å². The highest BCUT2D eigenvalue weighted by Gasteiger charge is 2.15. The van der Waals surface area contributed by atoms with Gasteiger partial charge in [0.1, 0.15) is 5.75 Å². The Kier molecular flexibility index (Phi) is 5.35. The summed E-state index contributed by atoms with van der Waals surface area (Å²) in [4.78, 5) is 24.8. The average Bonchev–Trinajstić information content (AvgIpc) is 2.66. The van der Waals surface area contributed by atoms with Crippen molar-refractivity contribution in [3.05, 3.63) is 81.8 Å². The Bertz CT molecular complexity index is 1020. The Hall–Kier alpha value is -3.41. The van der Waals surface area contributed by atoms with Gasteiger partial charge in [-0.25, -0.2) is 4.68 Å². The molecule has 0 saturated heterocycles. The summed E-state index contributed by atoms with van der Waals surface area (Å²) in [6.07, 6.45) is 1.53. The second-order valence-electron chi connectivity index (χ2n) is 6.17. The molecule has 0 radical (unpaired) electrons. The van der Waals surface area contributed by atoms with Crippen LogP contribution in [0.2, 0.25) is 0 Å². The molecule has 0 aliphatic rings. The maximum Gasteiger partial charge on any atom is 0.280 e. The topological polar surface area (TPSA) is 73.2 Å². The summed E-state index contributed by atoms with van der Waals surface area (Å²) in [5.74, 6) is 0.212. The van der Waals surface area contributed by atoms with E-state index >= 15 is 0 Å². The number of nitrogens with zero attached hydrogens (tertiary/aromatic N) is 2. The lowest BCUT2D eigenvalue weighted by molar-refractivity contribution is 0.101. The van der Waals surface area contributed by atoms with E-state index in [1.165, 1.54) is 16.9 Å². The van der Waals surface area contributed by atoms with Gasteiger partial charge in [-0.3, -0.25) is 9.59 Å². The summed E-state index contributed by atoms with van der Waals surface area (Å²) >= 11 is 0. The van der Waals surface area contributed by atoms with Crippen molar-refractivity contribution in [2.75, 3.05) is 11.9 Å². The van der Waals surface area contributed by atoms with E-state index in [0.717, 1.165) is 22.6 Å². The van der Waals surface area contributed by atoms with Gasteiger partial charge in [-0.15, -0.1) is 0 Å². The van der Waals surface area contributed by atoms with Crippen LogP contribution in [0.4, 0.5) is 5.69 Å². The molecule has 1 heterocycles. The van der Waals surface area contributed by atoms with Crippen LogP contribution in [0.1, 0.15) is 28.5 Å². The second kappa shape index (κ2) is 7.86. The van der Waals surface area contributed by atoms with Crippen molar-refractivity contribution >= 4 is 11.6 Å². The molecule has 0 aliphatic heterocycles. The van der Waals surface area contributed by atoms with Crippen LogP contribution in [0.3, 0.4) is 0 Å². The fourth-order valence-electron chi connectivity index (χ4n) is 2.62. The summed E-state index contributed by atoms with van der Waals surface area (Å²) in [6.45, 7) is 6.33. The number of aromatic nitrogens is 2. The van der Waals surface area contributed by atoms with Gasteiger partial charge < -0.3 is 10.1 Å². The molecule has 6 heteroatoms. The van der Waals surface area contributed by atoms with E-state index in [2.05, 4.69) is 10.4 Å². The first-order valence-electron chi connectivity index (χ1n) is 8.69. The third-order valence-corrected chi connectivity index (χ3v) is 4.08. The highest BCUT2D eigenvalue weighted by atomic mass is 16.5. The van der Waals surface area contributed by atoms with Crippen molar-refractivity contribution in [2.45, 2.75) is 20.8 Å². The fraction of sp³-hybridized carbons (Fsp3) is 0.190. The molecular weight excluding hydrogens is 342 g/mol. The smallest absolute Gasteiger partial charge is 0.280 e. The van der Waals surface area contributed by atoms with Gasteiger partial charge in [-0.05, 0) is 62.2 Å². The molecule has 0 unspecified atom stereocenters. The predicted molar refractivity (Wildman–Crippen MR) is 105 cm³/mol. The van der Waals surface area contributed by atoms with E-state index in [4.69, 9.17) is 4.74 Å². The summed E-state index contributed by atoms with van der Waals surface area (Å²) in [5.41, 5.74) is 2.73. The van der Waals surface area contributed by atoms with Crippen LogP contribution in [0.15, 0.2) is 59.5 Å². The standard InChI is InChI=1S/C21H21N3O3/c1-4-27-17-9-7-16(8-10-17)24-12-11-19(25)20(23-24)21(26)22-18-13-14(2)5-6-15(18)3/h5-13H,4H2,1-3H3,(H,22,26). The number of amides is 1. The lowest BCUT2D eigenvalue weighted by Crippen LogP contribution is -2.25. The van der Waals surface area contributed by atoms with Crippen LogP contribution in [-0.4, -0.2) is 22.3 Å². The largest absolute Gasteiger partial charge is 0.494 e. The maximum absolute atomic E-state index is 12.6. The first-order chi connectivity index (χ1) is 13.0. The predicted octanol–water partition coefficient (Wildman–Crippen LogP) is 3.50. The van der Waals surface area contributed by atoms with Gasteiger partial charge in [0, 0.05) is 18.0 Å². The quantitative estimate of drug-likeness (QED) is 0.753. The molecule has 3 aromatic rings. The molecule has 1 N–H and O–H groups in total. The van der Waals surface area contributed by atoms with E-state index in [9.17, 15) is 9.59 Å². The molecule has 0 atom stereocenters. The van der Waals surface area contributed by atoms with E-state index in [1.54, 1.807) is 0 Å². The maximum atomic E-state index is 12.6. The van der Waals surface area contributed by atoms with Crippen molar-refractivity contribution in [3.63, 3.8) is 0 Å². The Balaban J connectivity index is 1.89. The highest BCUT2D eigenvalue weighted by molar-refractivity contribution is 6.03.